The molecule has 0 aromatic heterocycles. The van der Waals surface area contributed by atoms with Crippen LogP contribution in [0.1, 0.15) is 348 Å². The molecule has 72 heavy (non-hydrogen) atoms. The fourth-order valence-corrected chi connectivity index (χ4v) is 11.0. The largest absolute Gasteiger partial charge is 0.472 e. The van der Waals surface area contributed by atoms with Crippen molar-refractivity contribution < 1.29 is 32.9 Å². The van der Waals surface area contributed by atoms with Gasteiger partial charge >= 0.3 is 7.82 Å². The summed E-state index contributed by atoms with van der Waals surface area (Å²) in [6.07, 6.45) is 67.6. The molecule has 3 atom stereocenters. The molecule has 3 unspecified atom stereocenters. The van der Waals surface area contributed by atoms with Gasteiger partial charge in [-0.05, 0) is 12.8 Å². The van der Waals surface area contributed by atoms with Crippen LogP contribution in [0, 0.1) is 0 Å². The zero-order valence-electron chi connectivity index (χ0n) is 49.5. The smallest absolute Gasteiger partial charge is 0.391 e. The normalized spacial score (nSPS) is 13.7. The second-order valence-electron chi connectivity index (χ2n) is 23.9. The summed E-state index contributed by atoms with van der Waals surface area (Å²) in [7, 11) is 1.64. The highest BCUT2D eigenvalue weighted by molar-refractivity contribution is 7.47. The fraction of sp³-hybridized carbons (Fsp3) is 0.984. The summed E-state index contributed by atoms with van der Waals surface area (Å²) in [5.41, 5.74) is 0. The van der Waals surface area contributed by atoms with Gasteiger partial charge in [-0.25, -0.2) is 4.57 Å². The number of hydrogen-bond donors (Lipinski definition) is 3. The number of carbonyl (C=O) groups excluding carboxylic acids is 1. The molecule has 0 radical (unpaired) electrons. The lowest BCUT2D eigenvalue weighted by molar-refractivity contribution is -0.870. The van der Waals surface area contributed by atoms with Crippen molar-refractivity contribution in [2.45, 2.75) is 360 Å². The fourth-order valence-electron chi connectivity index (χ4n) is 10.3. The van der Waals surface area contributed by atoms with Gasteiger partial charge in [-0.3, -0.25) is 13.8 Å². The van der Waals surface area contributed by atoms with Gasteiger partial charge in [0.05, 0.1) is 39.9 Å². The first kappa shape index (κ1) is 71.5. The number of nitrogens with zero attached hydrogens (tertiary/aromatic N) is 1. The molecule has 0 rings (SSSR count). The van der Waals surface area contributed by atoms with E-state index >= 15 is 0 Å². The minimum atomic E-state index is -4.32. The predicted octanol–water partition coefficient (Wildman–Crippen LogP) is 20.0. The number of quaternary nitrogens is 1. The average Bonchev–Trinajstić information content (AvgIpc) is 3.34. The number of likely N-dealkylation sites (N-methyl/N-ethyl adjacent to an activating group) is 1. The standard InChI is InChI=1S/C63H129N2O6P/c1-6-8-10-12-14-16-18-20-22-24-25-26-27-28-29-30-31-32-33-34-35-36-37-38-39-41-43-45-47-49-51-53-55-57-63(67)64-61(60-71-72(68,69)70-59-58-65(3,4)5)62(66)56-54-52-50-48-46-44-42-40-23-21-19-17-15-13-11-9-7-2/h61-62,66H,6-60H2,1-5H3,(H-,64,67,68,69)/p+1. The minimum absolute atomic E-state index is 0.0792. The molecule has 9 heteroatoms. The van der Waals surface area contributed by atoms with Crippen LogP contribution in [0.4, 0.5) is 0 Å². The van der Waals surface area contributed by atoms with Gasteiger partial charge in [0.2, 0.25) is 5.91 Å². The first-order chi connectivity index (χ1) is 35.0. The lowest BCUT2D eigenvalue weighted by Crippen LogP contribution is -2.46. The molecule has 0 spiro atoms. The number of carbonyl (C=O) groups is 1. The minimum Gasteiger partial charge on any atom is -0.391 e. The number of phosphoric ester groups is 1. The van der Waals surface area contributed by atoms with Crippen molar-refractivity contribution in [1.29, 1.82) is 0 Å². The number of rotatable bonds is 61. The molecule has 0 fully saturated rings. The average molecular weight is 1040 g/mol. The highest BCUT2D eigenvalue weighted by atomic mass is 31.2. The van der Waals surface area contributed by atoms with Gasteiger partial charge in [-0.2, -0.15) is 0 Å². The van der Waals surface area contributed by atoms with Gasteiger partial charge in [0.1, 0.15) is 13.2 Å². The van der Waals surface area contributed by atoms with E-state index < -0.39 is 20.0 Å². The molecule has 0 aliphatic heterocycles. The van der Waals surface area contributed by atoms with Crippen molar-refractivity contribution in [3.8, 4) is 0 Å². The van der Waals surface area contributed by atoms with Crippen molar-refractivity contribution in [1.82, 2.24) is 5.32 Å². The Kier molecular flexibility index (Phi) is 54.9. The molecule has 1 amide bonds. The predicted molar refractivity (Wildman–Crippen MR) is 314 cm³/mol. The highest BCUT2D eigenvalue weighted by Gasteiger charge is 2.28. The zero-order chi connectivity index (χ0) is 52.7. The molecule has 0 aliphatic carbocycles. The summed E-state index contributed by atoms with van der Waals surface area (Å²) in [5.74, 6) is -0.135. The van der Waals surface area contributed by atoms with Crippen LogP contribution in [0.25, 0.3) is 0 Å². The number of aliphatic hydroxyl groups excluding tert-OH is 1. The maximum Gasteiger partial charge on any atom is 0.472 e. The zero-order valence-corrected chi connectivity index (χ0v) is 50.4. The number of amides is 1. The Morgan fingerprint density at radius 1 is 0.417 bits per heavy atom. The summed E-state index contributed by atoms with van der Waals surface area (Å²) in [6, 6.07) is -0.755. The van der Waals surface area contributed by atoms with Gasteiger partial charge in [-0.15, -0.1) is 0 Å². The van der Waals surface area contributed by atoms with E-state index in [9.17, 15) is 19.4 Å². The van der Waals surface area contributed by atoms with Crippen molar-refractivity contribution in [3.05, 3.63) is 0 Å². The van der Waals surface area contributed by atoms with E-state index in [1.807, 2.05) is 21.1 Å². The second-order valence-corrected chi connectivity index (χ2v) is 25.3. The summed E-state index contributed by atoms with van der Waals surface area (Å²) in [5, 5.41) is 14.1. The number of nitrogens with one attached hydrogen (secondary N) is 1. The first-order valence-corrected chi connectivity index (χ1v) is 33.9. The molecule has 432 valence electrons. The molecule has 0 saturated heterocycles. The Balaban J connectivity index is 3.94. The Bertz CT molecular complexity index is 1140. The van der Waals surface area contributed by atoms with E-state index in [1.54, 1.807) is 0 Å². The molecule has 3 N–H and O–H groups in total. The van der Waals surface area contributed by atoms with E-state index in [0.29, 0.717) is 23.9 Å². The molecule has 0 aromatic rings. The number of hydrogen-bond acceptors (Lipinski definition) is 5. The molecular formula is C63H130N2O6P+. The summed E-state index contributed by atoms with van der Waals surface area (Å²) in [4.78, 5) is 23.4. The Hall–Kier alpha value is -0.500. The third kappa shape index (κ3) is 57.2. The lowest BCUT2D eigenvalue weighted by Gasteiger charge is -2.26. The maximum atomic E-state index is 13.0. The van der Waals surface area contributed by atoms with E-state index in [2.05, 4.69) is 19.2 Å². The van der Waals surface area contributed by atoms with Gasteiger partial charge < -0.3 is 19.8 Å². The SMILES string of the molecule is CCCCCCCCCCCCCCCCCCCCCCCCCCCCCCCCCCCC(=O)NC(COP(=O)(O)OCC[N+](C)(C)C)C(O)CCCCCCCCCCCCCCCCCCC. The van der Waals surface area contributed by atoms with Crippen molar-refractivity contribution >= 4 is 13.7 Å². The first-order valence-electron chi connectivity index (χ1n) is 32.4. The molecule has 0 aromatic carbocycles. The van der Waals surface area contributed by atoms with Crippen LogP contribution < -0.4 is 5.32 Å². The van der Waals surface area contributed by atoms with E-state index in [0.717, 1.165) is 38.5 Å². The van der Waals surface area contributed by atoms with Gasteiger partial charge in [0.15, 0.2) is 0 Å². The van der Waals surface area contributed by atoms with E-state index in [4.69, 9.17) is 9.05 Å². The van der Waals surface area contributed by atoms with Gasteiger partial charge in [-0.1, -0.05) is 328 Å². The Labute approximate surface area is 450 Å². The number of unbranched alkanes of at least 4 members (excludes halogenated alkanes) is 48. The van der Waals surface area contributed by atoms with E-state index in [-0.39, 0.29) is 19.1 Å². The lowest BCUT2D eigenvalue weighted by atomic mass is 10.0. The van der Waals surface area contributed by atoms with Gasteiger partial charge in [0.25, 0.3) is 0 Å². The second kappa shape index (κ2) is 55.3. The van der Waals surface area contributed by atoms with Crippen LogP contribution in [-0.4, -0.2) is 73.4 Å². The van der Waals surface area contributed by atoms with Crippen molar-refractivity contribution in [3.63, 3.8) is 0 Å². The maximum absolute atomic E-state index is 13.0. The van der Waals surface area contributed by atoms with Crippen LogP contribution in [0.15, 0.2) is 0 Å². The molecule has 0 bridgehead atoms. The van der Waals surface area contributed by atoms with Crippen LogP contribution in [-0.2, 0) is 18.4 Å². The van der Waals surface area contributed by atoms with Crippen LogP contribution >= 0.6 is 7.82 Å². The molecule has 0 saturated carbocycles. The molecule has 8 nitrogen and oxygen atoms in total. The van der Waals surface area contributed by atoms with Gasteiger partial charge in [0, 0.05) is 6.42 Å². The highest BCUT2D eigenvalue weighted by Crippen LogP contribution is 2.43. The van der Waals surface area contributed by atoms with Crippen LogP contribution in [0.2, 0.25) is 0 Å². The Morgan fingerprint density at radius 2 is 0.667 bits per heavy atom. The third-order valence-corrected chi connectivity index (χ3v) is 16.3. The number of phosphoric acid groups is 1. The topological polar surface area (TPSA) is 105 Å². The summed E-state index contributed by atoms with van der Waals surface area (Å²) < 4.78 is 23.8. The molecular weight excluding hydrogens is 912 g/mol. The van der Waals surface area contributed by atoms with E-state index in [1.165, 1.54) is 283 Å². The molecule has 0 aliphatic rings. The quantitative estimate of drug-likeness (QED) is 0.0318. The van der Waals surface area contributed by atoms with Crippen LogP contribution in [0.5, 0.6) is 0 Å². The van der Waals surface area contributed by atoms with Crippen LogP contribution in [0.3, 0.4) is 0 Å². The molecule has 0 heterocycles. The summed E-state index contributed by atoms with van der Waals surface area (Å²) in [6.45, 7) is 4.95. The van der Waals surface area contributed by atoms with Crippen molar-refractivity contribution in [2.24, 2.45) is 0 Å². The Morgan fingerprint density at radius 3 is 0.931 bits per heavy atom. The monoisotopic (exact) mass is 1040 g/mol. The summed E-state index contributed by atoms with van der Waals surface area (Å²) >= 11 is 0. The van der Waals surface area contributed by atoms with Crippen molar-refractivity contribution in [2.75, 3.05) is 40.9 Å². The number of aliphatic hydroxyl groups is 1. The third-order valence-electron chi connectivity index (χ3n) is 15.4.